The van der Waals surface area contributed by atoms with Gasteiger partial charge in [0.05, 0.1) is 25.0 Å². The number of carbonyl (C=O) groups excluding carboxylic acids is 1. The van der Waals surface area contributed by atoms with Crippen molar-refractivity contribution < 1.29 is 18.3 Å². The Morgan fingerprint density at radius 2 is 1.37 bits per heavy atom. The second kappa shape index (κ2) is 10.9. The molecule has 4 N–H and O–H groups in total. The van der Waals surface area contributed by atoms with Crippen LogP contribution in [0.4, 0.5) is 43.7 Å². The van der Waals surface area contributed by atoms with Crippen LogP contribution in [0, 0.1) is 11.6 Å². The highest BCUT2D eigenvalue weighted by Gasteiger charge is 2.12. The molecule has 3 aromatic carbocycles. The quantitative estimate of drug-likeness (QED) is 0.275. The smallest absolute Gasteiger partial charge is 0.243 e. The molecule has 0 saturated heterocycles. The van der Waals surface area contributed by atoms with Crippen LogP contribution >= 0.6 is 0 Å². The monoisotopic (exact) mass is 477 g/mol. The molecule has 0 spiro atoms. The predicted octanol–water partition coefficient (Wildman–Crippen LogP) is 4.70. The lowest BCUT2D eigenvalue weighted by atomic mass is 10.3. The van der Waals surface area contributed by atoms with Crippen molar-refractivity contribution in [3.8, 4) is 5.75 Å². The number of halogens is 2. The summed E-state index contributed by atoms with van der Waals surface area (Å²) < 4.78 is 33.4. The SMILES string of the molecule is COc1cccc(NC(=O)CNc2nc(Nc3ccccc3F)nc(Nc3ccccc3F)n2)c1. The van der Waals surface area contributed by atoms with Crippen LogP contribution in [0.5, 0.6) is 5.75 Å². The molecule has 0 fully saturated rings. The van der Waals surface area contributed by atoms with E-state index in [9.17, 15) is 13.6 Å². The fourth-order valence-electron chi connectivity index (χ4n) is 3.00. The number of methoxy groups -OCH3 is 1. The molecular weight excluding hydrogens is 456 g/mol. The summed E-state index contributed by atoms with van der Waals surface area (Å²) in [5.41, 5.74) is 0.824. The first kappa shape index (κ1) is 23.4. The molecule has 11 heteroatoms. The van der Waals surface area contributed by atoms with E-state index in [4.69, 9.17) is 4.74 Å². The Labute approximate surface area is 199 Å². The molecule has 0 unspecified atom stereocenters. The second-order valence-electron chi connectivity index (χ2n) is 7.15. The third-order valence-electron chi connectivity index (χ3n) is 4.64. The number of ether oxygens (including phenoxy) is 1. The van der Waals surface area contributed by atoms with E-state index in [0.29, 0.717) is 11.4 Å². The number of benzene rings is 3. The number of carbonyl (C=O) groups is 1. The topological polar surface area (TPSA) is 113 Å². The lowest BCUT2D eigenvalue weighted by molar-refractivity contribution is -0.114. The van der Waals surface area contributed by atoms with Crippen LogP contribution in [0.2, 0.25) is 0 Å². The van der Waals surface area contributed by atoms with Gasteiger partial charge in [-0.1, -0.05) is 30.3 Å². The zero-order chi connectivity index (χ0) is 24.6. The van der Waals surface area contributed by atoms with Gasteiger partial charge in [-0.05, 0) is 36.4 Å². The second-order valence-corrected chi connectivity index (χ2v) is 7.15. The lowest BCUT2D eigenvalue weighted by Crippen LogP contribution is -2.23. The van der Waals surface area contributed by atoms with E-state index in [-0.39, 0.29) is 41.7 Å². The number of hydrogen-bond donors (Lipinski definition) is 4. The van der Waals surface area contributed by atoms with Gasteiger partial charge in [-0.15, -0.1) is 0 Å². The van der Waals surface area contributed by atoms with Crippen molar-refractivity contribution in [2.45, 2.75) is 0 Å². The van der Waals surface area contributed by atoms with Crippen molar-refractivity contribution in [3.63, 3.8) is 0 Å². The number of para-hydroxylation sites is 2. The zero-order valence-electron chi connectivity index (χ0n) is 18.5. The number of rotatable bonds is 9. The van der Waals surface area contributed by atoms with E-state index in [1.54, 1.807) is 48.5 Å². The van der Waals surface area contributed by atoms with E-state index >= 15 is 0 Å². The summed E-state index contributed by atoms with van der Waals surface area (Å²) in [6.07, 6.45) is 0. The Hall–Kier alpha value is -4.80. The fourth-order valence-corrected chi connectivity index (χ4v) is 3.00. The van der Waals surface area contributed by atoms with Crippen molar-refractivity contribution in [1.82, 2.24) is 15.0 Å². The van der Waals surface area contributed by atoms with Crippen LogP contribution in [0.25, 0.3) is 0 Å². The minimum atomic E-state index is -0.510. The van der Waals surface area contributed by atoms with E-state index in [1.165, 1.54) is 31.4 Å². The summed E-state index contributed by atoms with van der Waals surface area (Å²) in [7, 11) is 1.53. The third kappa shape index (κ3) is 6.38. The molecular formula is C24H21F2N7O2. The van der Waals surface area contributed by atoms with Gasteiger partial charge < -0.3 is 26.0 Å². The molecule has 4 rings (SSSR count). The molecule has 0 atom stereocenters. The first-order chi connectivity index (χ1) is 17.0. The summed E-state index contributed by atoms with van der Waals surface area (Å²) in [6.45, 7) is -0.181. The van der Waals surface area contributed by atoms with Crippen molar-refractivity contribution in [3.05, 3.63) is 84.4 Å². The predicted molar refractivity (Wildman–Crippen MR) is 129 cm³/mol. The largest absolute Gasteiger partial charge is 0.497 e. The maximum Gasteiger partial charge on any atom is 0.243 e. The maximum absolute atomic E-state index is 14.1. The molecule has 178 valence electrons. The highest BCUT2D eigenvalue weighted by Crippen LogP contribution is 2.22. The molecule has 0 bridgehead atoms. The number of nitrogens with zero attached hydrogens (tertiary/aromatic N) is 3. The summed E-state index contributed by atoms with van der Waals surface area (Å²) in [6, 6.07) is 18.9. The fraction of sp³-hybridized carbons (Fsp3) is 0.0833. The molecule has 1 heterocycles. The highest BCUT2D eigenvalue weighted by molar-refractivity contribution is 5.93. The molecule has 0 radical (unpaired) electrons. The van der Waals surface area contributed by atoms with E-state index in [0.717, 1.165) is 0 Å². The molecule has 1 amide bonds. The van der Waals surface area contributed by atoms with Crippen LogP contribution in [0.3, 0.4) is 0 Å². The van der Waals surface area contributed by atoms with Crippen LogP contribution in [-0.2, 0) is 4.79 Å². The molecule has 0 aliphatic carbocycles. The number of nitrogens with one attached hydrogen (secondary N) is 4. The van der Waals surface area contributed by atoms with Gasteiger partial charge in [0.1, 0.15) is 17.4 Å². The standard InChI is InChI=1S/C24H21F2N7O2/c1-35-16-8-6-7-15(13-16)28-21(34)14-27-22-31-23(29-19-11-4-2-9-17(19)25)33-24(32-22)30-20-12-5-3-10-18(20)26/h2-13H,14H2,1H3,(H,28,34)(H3,27,29,30,31,32,33). The Bertz CT molecular complexity index is 1270. The number of anilines is 6. The summed E-state index contributed by atoms with van der Waals surface area (Å²) in [5, 5.41) is 11.1. The van der Waals surface area contributed by atoms with Gasteiger partial charge in [0, 0.05) is 11.8 Å². The molecule has 9 nitrogen and oxygen atoms in total. The summed E-state index contributed by atoms with van der Waals surface area (Å²) >= 11 is 0. The molecule has 35 heavy (non-hydrogen) atoms. The Morgan fingerprint density at radius 3 is 1.94 bits per heavy atom. The number of amides is 1. The lowest BCUT2D eigenvalue weighted by Gasteiger charge is -2.12. The maximum atomic E-state index is 14.1. The number of hydrogen-bond acceptors (Lipinski definition) is 8. The highest BCUT2D eigenvalue weighted by atomic mass is 19.1. The minimum absolute atomic E-state index is 0.0125. The minimum Gasteiger partial charge on any atom is -0.497 e. The van der Waals surface area contributed by atoms with Crippen molar-refractivity contribution in [2.75, 3.05) is 34.9 Å². The average molecular weight is 477 g/mol. The molecule has 0 aliphatic heterocycles. The third-order valence-corrected chi connectivity index (χ3v) is 4.64. The van der Waals surface area contributed by atoms with Gasteiger partial charge in [-0.25, -0.2) is 8.78 Å². The summed E-state index contributed by atoms with van der Waals surface area (Å²) in [5.74, 6) is -0.808. The Balaban J connectivity index is 1.53. The van der Waals surface area contributed by atoms with Crippen LogP contribution < -0.4 is 26.0 Å². The van der Waals surface area contributed by atoms with Gasteiger partial charge >= 0.3 is 0 Å². The Kier molecular flexibility index (Phi) is 7.26. The van der Waals surface area contributed by atoms with Gasteiger partial charge in [0.2, 0.25) is 23.8 Å². The number of aromatic nitrogens is 3. The van der Waals surface area contributed by atoms with Crippen LogP contribution in [0.15, 0.2) is 72.8 Å². The van der Waals surface area contributed by atoms with Crippen molar-refractivity contribution >= 4 is 40.8 Å². The molecule has 4 aromatic rings. The first-order valence-electron chi connectivity index (χ1n) is 10.5. The van der Waals surface area contributed by atoms with E-state index < -0.39 is 11.6 Å². The molecule has 0 saturated carbocycles. The van der Waals surface area contributed by atoms with Crippen LogP contribution in [-0.4, -0.2) is 34.5 Å². The summed E-state index contributed by atoms with van der Waals surface area (Å²) in [4.78, 5) is 25.0. The normalized spacial score (nSPS) is 10.4. The average Bonchev–Trinajstić information content (AvgIpc) is 2.86. The van der Waals surface area contributed by atoms with Crippen molar-refractivity contribution in [1.29, 1.82) is 0 Å². The van der Waals surface area contributed by atoms with Gasteiger partial charge in [0.15, 0.2) is 0 Å². The van der Waals surface area contributed by atoms with Crippen molar-refractivity contribution in [2.24, 2.45) is 0 Å². The van der Waals surface area contributed by atoms with Gasteiger partial charge in [-0.2, -0.15) is 15.0 Å². The van der Waals surface area contributed by atoms with E-state index in [1.807, 2.05) is 0 Å². The molecule has 1 aromatic heterocycles. The van der Waals surface area contributed by atoms with Gasteiger partial charge in [-0.3, -0.25) is 4.79 Å². The van der Waals surface area contributed by atoms with E-state index in [2.05, 4.69) is 36.2 Å². The first-order valence-corrected chi connectivity index (χ1v) is 10.5. The van der Waals surface area contributed by atoms with Gasteiger partial charge in [0.25, 0.3) is 0 Å². The Morgan fingerprint density at radius 1 is 0.800 bits per heavy atom. The van der Waals surface area contributed by atoms with Crippen LogP contribution in [0.1, 0.15) is 0 Å². The molecule has 0 aliphatic rings. The zero-order valence-corrected chi connectivity index (χ0v) is 18.5.